The summed E-state index contributed by atoms with van der Waals surface area (Å²) < 4.78 is 8.14. The quantitative estimate of drug-likeness (QED) is 0.786. The molecule has 0 aliphatic heterocycles. The van der Waals surface area contributed by atoms with E-state index in [2.05, 4.69) is 31.3 Å². The van der Waals surface area contributed by atoms with Gasteiger partial charge in [0.1, 0.15) is 5.75 Å². The highest BCUT2D eigenvalue weighted by atomic mass is 79.9. The average molecular weight is 347 g/mol. The first-order chi connectivity index (χ1) is 10.2. The van der Waals surface area contributed by atoms with E-state index in [1.54, 1.807) is 11.6 Å². The molecular weight excluding hydrogens is 332 g/mol. The highest BCUT2D eigenvalue weighted by Gasteiger charge is 2.05. The Bertz CT molecular complexity index is 784. The van der Waals surface area contributed by atoms with Crippen molar-refractivity contribution in [2.45, 2.75) is 13.5 Å². The number of aryl methyl sites for hydroxylation is 1. The largest absolute Gasteiger partial charge is 0.495 e. The molecule has 108 valence electrons. The molecule has 6 heteroatoms. The van der Waals surface area contributed by atoms with Gasteiger partial charge in [-0.3, -0.25) is 0 Å². The van der Waals surface area contributed by atoms with Crippen LogP contribution in [0.3, 0.4) is 0 Å². The summed E-state index contributed by atoms with van der Waals surface area (Å²) in [5.41, 5.74) is 3.80. The summed E-state index contributed by atoms with van der Waals surface area (Å²) in [4.78, 5) is 4.39. The van der Waals surface area contributed by atoms with Crippen LogP contribution in [0.1, 0.15) is 11.3 Å². The third-order valence-corrected chi connectivity index (χ3v) is 3.63. The number of hydrogen-bond acceptors (Lipinski definition) is 4. The minimum absolute atomic E-state index is 0.647. The lowest BCUT2D eigenvalue weighted by Crippen LogP contribution is -2.03. The number of hydrogen-bond donors (Lipinski definition) is 1. The van der Waals surface area contributed by atoms with Crippen LogP contribution < -0.4 is 10.1 Å². The van der Waals surface area contributed by atoms with E-state index in [0.717, 1.165) is 32.8 Å². The Morgan fingerprint density at radius 1 is 1.33 bits per heavy atom. The molecular formula is C15H15BrN4O. The van der Waals surface area contributed by atoms with E-state index in [1.807, 2.05) is 43.6 Å². The predicted molar refractivity (Wildman–Crippen MR) is 85.7 cm³/mol. The van der Waals surface area contributed by atoms with Gasteiger partial charge in [-0.05, 0) is 25.1 Å². The maximum absolute atomic E-state index is 5.35. The standard InChI is InChI=1S/C15H15BrN4O/c1-10-5-15-18-8-11(9-20(15)19-10)7-17-13-6-12(16)3-4-14(13)21-2/h3-6,8-9,17H,7H2,1-2H3. The fourth-order valence-electron chi connectivity index (χ4n) is 2.14. The lowest BCUT2D eigenvalue weighted by atomic mass is 10.2. The van der Waals surface area contributed by atoms with Crippen molar-refractivity contribution in [2.24, 2.45) is 0 Å². The van der Waals surface area contributed by atoms with Crippen LogP contribution >= 0.6 is 15.9 Å². The van der Waals surface area contributed by atoms with Crippen LogP contribution in [0.5, 0.6) is 5.75 Å². The molecule has 0 amide bonds. The van der Waals surface area contributed by atoms with Crippen LogP contribution in [0.2, 0.25) is 0 Å². The van der Waals surface area contributed by atoms with Crippen molar-refractivity contribution < 1.29 is 4.74 Å². The van der Waals surface area contributed by atoms with Crippen LogP contribution in [0.4, 0.5) is 5.69 Å². The molecule has 0 saturated carbocycles. The molecule has 0 spiro atoms. The van der Waals surface area contributed by atoms with E-state index < -0.39 is 0 Å². The Balaban J connectivity index is 1.81. The van der Waals surface area contributed by atoms with Gasteiger partial charge in [-0.2, -0.15) is 5.10 Å². The monoisotopic (exact) mass is 346 g/mol. The van der Waals surface area contributed by atoms with Crippen molar-refractivity contribution in [3.63, 3.8) is 0 Å². The molecule has 0 atom stereocenters. The first kappa shape index (κ1) is 13.9. The molecule has 0 aliphatic carbocycles. The van der Waals surface area contributed by atoms with E-state index in [9.17, 15) is 0 Å². The summed E-state index contributed by atoms with van der Waals surface area (Å²) in [5.74, 6) is 0.808. The molecule has 5 nitrogen and oxygen atoms in total. The number of halogens is 1. The number of nitrogens with one attached hydrogen (secondary N) is 1. The Hall–Kier alpha value is -2.08. The molecule has 0 saturated heterocycles. The Morgan fingerprint density at radius 3 is 3.00 bits per heavy atom. The second-order valence-corrected chi connectivity index (χ2v) is 5.66. The number of ether oxygens (including phenoxy) is 1. The topological polar surface area (TPSA) is 51.5 Å². The van der Waals surface area contributed by atoms with Crippen molar-refractivity contribution in [1.29, 1.82) is 0 Å². The predicted octanol–water partition coefficient (Wildman–Crippen LogP) is 3.42. The lowest BCUT2D eigenvalue weighted by Gasteiger charge is -2.11. The average Bonchev–Trinajstić information content (AvgIpc) is 2.84. The second kappa shape index (κ2) is 5.73. The molecule has 3 rings (SSSR count). The molecule has 21 heavy (non-hydrogen) atoms. The van der Waals surface area contributed by atoms with Crippen molar-refractivity contribution >= 4 is 27.3 Å². The van der Waals surface area contributed by atoms with Gasteiger partial charge in [-0.25, -0.2) is 9.50 Å². The Labute approximate surface area is 131 Å². The van der Waals surface area contributed by atoms with E-state index in [4.69, 9.17) is 4.74 Å². The first-order valence-corrected chi connectivity index (χ1v) is 7.33. The Morgan fingerprint density at radius 2 is 2.19 bits per heavy atom. The summed E-state index contributed by atoms with van der Waals surface area (Å²) in [5, 5.41) is 7.73. The zero-order chi connectivity index (χ0) is 14.8. The number of anilines is 1. The van der Waals surface area contributed by atoms with Crippen LogP contribution in [-0.2, 0) is 6.54 Å². The fourth-order valence-corrected chi connectivity index (χ4v) is 2.50. The molecule has 0 bridgehead atoms. The van der Waals surface area contributed by atoms with Crippen molar-refractivity contribution in [3.8, 4) is 5.75 Å². The van der Waals surface area contributed by atoms with Gasteiger partial charge < -0.3 is 10.1 Å². The van der Waals surface area contributed by atoms with Crippen LogP contribution in [0, 0.1) is 6.92 Å². The molecule has 0 fully saturated rings. The third-order valence-electron chi connectivity index (χ3n) is 3.13. The van der Waals surface area contributed by atoms with Gasteiger partial charge in [0.15, 0.2) is 5.65 Å². The Kier molecular flexibility index (Phi) is 3.79. The molecule has 3 aromatic rings. The number of aromatic nitrogens is 3. The van der Waals surface area contributed by atoms with Crippen LogP contribution in [-0.4, -0.2) is 21.7 Å². The summed E-state index contributed by atoms with van der Waals surface area (Å²) in [6.07, 6.45) is 3.83. The molecule has 0 radical (unpaired) electrons. The number of rotatable bonds is 4. The van der Waals surface area contributed by atoms with E-state index in [1.165, 1.54) is 0 Å². The van der Waals surface area contributed by atoms with Gasteiger partial charge in [0, 0.05) is 35.0 Å². The maximum atomic E-state index is 5.35. The summed E-state index contributed by atoms with van der Waals surface area (Å²) in [6, 6.07) is 7.81. The number of methoxy groups -OCH3 is 1. The van der Waals surface area contributed by atoms with E-state index in [-0.39, 0.29) is 0 Å². The molecule has 0 unspecified atom stereocenters. The third kappa shape index (κ3) is 3.00. The smallest absolute Gasteiger partial charge is 0.155 e. The summed E-state index contributed by atoms with van der Waals surface area (Å²) >= 11 is 3.47. The fraction of sp³-hybridized carbons (Fsp3) is 0.200. The number of nitrogens with zero attached hydrogens (tertiary/aromatic N) is 3. The number of benzene rings is 1. The van der Waals surface area contributed by atoms with Crippen molar-refractivity contribution in [2.75, 3.05) is 12.4 Å². The maximum Gasteiger partial charge on any atom is 0.155 e. The zero-order valence-electron chi connectivity index (χ0n) is 11.8. The van der Waals surface area contributed by atoms with Gasteiger partial charge in [0.25, 0.3) is 0 Å². The number of fused-ring (bicyclic) bond motifs is 1. The normalized spacial score (nSPS) is 10.8. The van der Waals surface area contributed by atoms with Gasteiger partial charge in [-0.1, -0.05) is 15.9 Å². The minimum Gasteiger partial charge on any atom is -0.495 e. The van der Waals surface area contributed by atoms with Gasteiger partial charge in [0.2, 0.25) is 0 Å². The highest BCUT2D eigenvalue weighted by Crippen LogP contribution is 2.28. The van der Waals surface area contributed by atoms with Crippen LogP contribution in [0.15, 0.2) is 41.1 Å². The molecule has 2 heterocycles. The van der Waals surface area contributed by atoms with Gasteiger partial charge >= 0.3 is 0 Å². The lowest BCUT2D eigenvalue weighted by molar-refractivity contribution is 0.416. The van der Waals surface area contributed by atoms with Gasteiger partial charge in [0.05, 0.1) is 18.5 Å². The summed E-state index contributed by atoms with van der Waals surface area (Å²) in [6.45, 7) is 2.60. The highest BCUT2D eigenvalue weighted by molar-refractivity contribution is 9.10. The van der Waals surface area contributed by atoms with Gasteiger partial charge in [-0.15, -0.1) is 0 Å². The van der Waals surface area contributed by atoms with Crippen molar-refractivity contribution in [3.05, 3.63) is 52.4 Å². The van der Waals surface area contributed by atoms with Crippen LogP contribution in [0.25, 0.3) is 5.65 Å². The second-order valence-electron chi connectivity index (χ2n) is 4.75. The summed E-state index contributed by atoms with van der Waals surface area (Å²) in [7, 11) is 1.66. The zero-order valence-corrected chi connectivity index (χ0v) is 13.4. The molecule has 0 aliphatic rings. The molecule has 2 aromatic heterocycles. The van der Waals surface area contributed by atoms with Crippen molar-refractivity contribution in [1.82, 2.24) is 14.6 Å². The minimum atomic E-state index is 0.647. The van der Waals surface area contributed by atoms with E-state index >= 15 is 0 Å². The van der Waals surface area contributed by atoms with E-state index in [0.29, 0.717) is 6.54 Å². The first-order valence-electron chi connectivity index (χ1n) is 6.54. The molecule has 1 aromatic carbocycles. The SMILES string of the molecule is COc1ccc(Br)cc1NCc1cnc2cc(C)nn2c1. The molecule has 1 N–H and O–H groups in total.